The fourth-order valence-electron chi connectivity index (χ4n) is 2.95. The molecule has 0 saturated heterocycles. The van der Waals surface area contributed by atoms with Crippen molar-refractivity contribution in [1.29, 1.82) is 0 Å². The van der Waals surface area contributed by atoms with E-state index in [1.807, 2.05) is 54.6 Å². The van der Waals surface area contributed by atoms with Gasteiger partial charge in [-0.2, -0.15) is 11.3 Å². The molecule has 0 aliphatic heterocycles. The predicted molar refractivity (Wildman–Crippen MR) is 121 cm³/mol. The van der Waals surface area contributed by atoms with Crippen molar-refractivity contribution < 1.29 is 9.53 Å². The van der Waals surface area contributed by atoms with Gasteiger partial charge in [0.2, 0.25) is 0 Å². The lowest BCUT2D eigenvalue weighted by molar-refractivity contribution is 0.251. The van der Waals surface area contributed by atoms with Gasteiger partial charge < -0.3 is 15.4 Å². The number of nitrogens with zero attached hydrogens (tertiary/aromatic N) is 1. The Morgan fingerprint density at radius 2 is 1.83 bits per heavy atom. The number of thiophene rings is 1. The van der Waals surface area contributed by atoms with Gasteiger partial charge in [0, 0.05) is 30.2 Å². The topological polar surface area (TPSA) is 63.2 Å². The average molecular weight is 416 g/mol. The zero-order valence-electron chi connectivity index (χ0n) is 16.2. The van der Waals surface area contributed by atoms with E-state index in [0.717, 1.165) is 33.7 Å². The summed E-state index contributed by atoms with van der Waals surface area (Å²) in [6.45, 7) is 0.879. The van der Waals surface area contributed by atoms with E-state index in [9.17, 15) is 4.79 Å². The number of carbonyl (C=O) groups is 1. The van der Waals surface area contributed by atoms with Gasteiger partial charge in [-0.15, -0.1) is 0 Å². The van der Waals surface area contributed by atoms with Gasteiger partial charge in [0.25, 0.3) is 0 Å². The van der Waals surface area contributed by atoms with Gasteiger partial charge in [0.15, 0.2) is 0 Å². The summed E-state index contributed by atoms with van der Waals surface area (Å²) >= 11 is 1.67. The molecule has 2 aromatic carbocycles. The normalized spacial score (nSPS) is 10.4. The Morgan fingerprint density at radius 1 is 0.967 bits per heavy atom. The molecule has 4 aromatic rings. The van der Waals surface area contributed by atoms with E-state index < -0.39 is 0 Å². The van der Waals surface area contributed by atoms with Gasteiger partial charge in [-0.1, -0.05) is 36.4 Å². The molecular formula is C24H21N3O2S. The quantitative estimate of drug-likeness (QED) is 0.406. The largest absolute Gasteiger partial charge is 0.488 e. The van der Waals surface area contributed by atoms with Crippen LogP contribution in [0, 0.1) is 0 Å². The van der Waals surface area contributed by atoms with Crippen LogP contribution in [0.1, 0.15) is 11.1 Å². The molecule has 0 fully saturated rings. The number of aromatic nitrogens is 1. The van der Waals surface area contributed by atoms with Gasteiger partial charge in [-0.25, -0.2) is 4.79 Å². The van der Waals surface area contributed by atoms with Gasteiger partial charge in [0.1, 0.15) is 12.4 Å². The van der Waals surface area contributed by atoms with Gasteiger partial charge in [-0.05, 0) is 57.8 Å². The maximum absolute atomic E-state index is 12.1. The van der Waals surface area contributed by atoms with Crippen LogP contribution in [0.3, 0.4) is 0 Å². The summed E-state index contributed by atoms with van der Waals surface area (Å²) in [6.07, 6.45) is 3.43. The molecule has 0 saturated carbocycles. The Hall–Kier alpha value is -3.64. The Kier molecular flexibility index (Phi) is 6.37. The SMILES string of the molecule is O=C(NCc1cccnc1)Nc1ccc(COc2ccccc2-c2ccsc2)cc1. The average Bonchev–Trinajstić information content (AvgIpc) is 3.33. The minimum Gasteiger partial charge on any atom is -0.488 e. The standard InChI is InChI=1S/C24H21N3O2S/c28-24(26-15-19-4-3-12-25-14-19)27-21-9-7-18(8-10-21)16-29-23-6-2-1-5-22(23)20-11-13-30-17-20/h1-14,17H,15-16H2,(H2,26,27,28). The van der Waals surface area contributed by atoms with Crippen LogP contribution in [-0.2, 0) is 13.2 Å². The van der Waals surface area contributed by atoms with Crippen molar-refractivity contribution in [3.05, 3.63) is 101 Å². The Balaban J connectivity index is 1.31. The van der Waals surface area contributed by atoms with Crippen molar-refractivity contribution in [3.8, 4) is 16.9 Å². The first kappa shape index (κ1) is 19.7. The molecule has 0 atom stereocenters. The van der Waals surface area contributed by atoms with Crippen LogP contribution in [-0.4, -0.2) is 11.0 Å². The summed E-state index contributed by atoms with van der Waals surface area (Å²) in [5, 5.41) is 9.82. The number of carbonyl (C=O) groups excluding carboxylic acids is 1. The Bertz CT molecular complexity index is 1080. The van der Waals surface area contributed by atoms with E-state index in [-0.39, 0.29) is 6.03 Å². The number of amides is 2. The van der Waals surface area contributed by atoms with Crippen LogP contribution in [0.15, 0.2) is 89.9 Å². The summed E-state index contributed by atoms with van der Waals surface area (Å²) in [4.78, 5) is 16.1. The molecule has 2 heterocycles. The number of hydrogen-bond acceptors (Lipinski definition) is 4. The van der Waals surface area contributed by atoms with Crippen LogP contribution in [0.5, 0.6) is 5.75 Å². The number of hydrogen-bond donors (Lipinski definition) is 2. The molecule has 0 spiro atoms. The number of rotatable bonds is 7. The van der Waals surface area contributed by atoms with Crippen molar-refractivity contribution in [3.63, 3.8) is 0 Å². The summed E-state index contributed by atoms with van der Waals surface area (Å²) in [6, 6.07) is 21.3. The molecule has 2 amide bonds. The smallest absolute Gasteiger partial charge is 0.319 e. The lowest BCUT2D eigenvalue weighted by Gasteiger charge is -2.12. The number of pyridine rings is 1. The molecule has 6 heteroatoms. The molecule has 5 nitrogen and oxygen atoms in total. The second kappa shape index (κ2) is 9.71. The van der Waals surface area contributed by atoms with E-state index in [1.165, 1.54) is 0 Å². The zero-order chi connectivity index (χ0) is 20.6. The monoisotopic (exact) mass is 415 g/mol. The number of ether oxygens (including phenoxy) is 1. The highest BCUT2D eigenvalue weighted by Gasteiger charge is 2.07. The predicted octanol–water partition coefficient (Wildman–Crippen LogP) is 5.71. The third-order valence-electron chi connectivity index (χ3n) is 4.50. The van der Waals surface area contributed by atoms with Gasteiger partial charge in [-0.3, -0.25) is 4.98 Å². The van der Waals surface area contributed by atoms with Crippen molar-refractivity contribution in [2.24, 2.45) is 0 Å². The third-order valence-corrected chi connectivity index (χ3v) is 5.18. The zero-order valence-corrected chi connectivity index (χ0v) is 17.1. The third kappa shape index (κ3) is 5.24. The molecule has 0 bridgehead atoms. The van der Waals surface area contributed by atoms with Crippen LogP contribution in [0.2, 0.25) is 0 Å². The molecular weight excluding hydrogens is 394 g/mol. The fourth-order valence-corrected chi connectivity index (χ4v) is 3.61. The van der Waals surface area contributed by atoms with Crippen LogP contribution in [0.25, 0.3) is 11.1 Å². The molecule has 0 unspecified atom stereocenters. The van der Waals surface area contributed by atoms with E-state index in [0.29, 0.717) is 13.2 Å². The van der Waals surface area contributed by atoms with Crippen molar-refractivity contribution in [1.82, 2.24) is 10.3 Å². The van der Waals surface area contributed by atoms with Crippen molar-refractivity contribution >= 4 is 23.1 Å². The minimum atomic E-state index is -0.257. The maximum atomic E-state index is 12.1. The summed E-state index contributed by atoms with van der Waals surface area (Å²) in [5.41, 5.74) is 4.94. The molecule has 4 rings (SSSR count). The lowest BCUT2D eigenvalue weighted by atomic mass is 10.1. The molecule has 2 aromatic heterocycles. The molecule has 0 radical (unpaired) electrons. The lowest BCUT2D eigenvalue weighted by Crippen LogP contribution is -2.28. The van der Waals surface area contributed by atoms with E-state index in [2.05, 4.69) is 38.5 Å². The highest BCUT2D eigenvalue weighted by molar-refractivity contribution is 7.08. The second-order valence-electron chi connectivity index (χ2n) is 6.66. The number of para-hydroxylation sites is 1. The Morgan fingerprint density at radius 3 is 2.60 bits per heavy atom. The number of urea groups is 1. The first-order valence-electron chi connectivity index (χ1n) is 9.55. The molecule has 0 aliphatic rings. The fraction of sp³-hybridized carbons (Fsp3) is 0.0833. The van der Waals surface area contributed by atoms with E-state index >= 15 is 0 Å². The van der Waals surface area contributed by atoms with Crippen LogP contribution < -0.4 is 15.4 Å². The first-order valence-corrected chi connectivity index (χ1v) is 10.5. The molecule has 30 heavy (non-hydrogen) atoms. The molecule has 150 valence electrons. The first-order chi connectivity index (χ1) is 14.8. The Labute approximate surface area is 179 Å². The minimum absolute atomic E-state index is 0.257. The summed E-state index contributed by atoms with van der Waals surface area (Å²) < 4.78 is 6.05. The van der Waals surface area contributed by atoms with Gasteiger partial charge in [0.05, 0.1) is 0 Å². The van der Waals surface area contributed by atoms with Crippen molar-refractivity contribution in [2.75, 3.05) is 5.32 Å². The van der Waals surface area contributed by atoms with Crippen molar-refractivity contribution in [2.45, 2.75) is 13.2 Å². The van der Waals surface area contributed by atoms with E-state index in [1.54, 1.807) is 23.7 Å². The molecule has 2 N–H and O–H groups in total. The number of anilines is 1. The highest BCUT2D eigenvalue weighted by Crippen LogP contribution is 2.31. The molecule has 0 aliphatic carbocycles. The number of benzene rings is 2. The van der Waals surface area contributed by atoms with Crippen LogP contribution >= 0.6 is 11.3 Å². The summed E-state index contributed by atoms with van der Waals surface area (Å²) in [7, 11) is 0. The van der Waals surface area contributed by atoms with Gasteiger partial charge >= 0.3 is 6.03 Å². The number of nitrogens with one attached hydrogen (secondary N) is 2. The highest BCUT2D eigenvalue weighted by atomic mass is 32.1. The summed E-state index contributed by atoms with van der Waals surface area (Å²) in [5.74, 6) is 0.855. The second-order valence-corrected chi connectivity index (χ2v) is 7.44. The van der Waals surface area contributed by atoms with E-state index in [4.69, 9.17) is 4.74 Å². The van der Waals surface area contributed by atoms with Crippen LogP contribution in [0.4, 0.5) is 10.5 Å². The maximum Gasteiger partial charge on any atom is 0.319 e.